The van der Waals surface area contributed by atoms with Crippen LogP contribution in [-0.4, -0.2) is 19.3 Å². The van der Waals surface area contributed by atoms with Gasteiger partial charge in [-0.25, -0.2) is 0 Å². The summed E-state index contributed by atoms with van der Waals surface area (Å²) in [4.78, 5) is 0. The van der Waals surface area contributed by atoms with Crippen molar-refractivity contribution in [3.8, 4) is 5.75 Å². The number of hydrogen-bond donors (Lipinski definition) is 0. The Balaban J connectivity index is 1.86. The van der Waals surface area contributed by atoms with Gasteiger partial charge < -0.3 is 9.47 Å². The van der Waals surface area contributed by atoms with E-state index in [2.05, 4.69) is 28.1 Å². The van der Waals surface area contributed by atoms with Crippen molar-refractivity contribution in [2.45, 2.75) is 24.3 Å². The second-order valence-corrected chi connectivity index (χ2v) is 4.29. The number of ether oxygens (including phenoxy) is 2. The minimum atomic E-state index is 0.289. The third-order valence-electron chi connectivity index (χ3n) is 2.51. The van der Waals surface area contributed by atoms with Gasteiger partial charge >= 0.3 is 0 Å². The largest absolute Gasteiger partial charge is 0.491 e. The predicted octanol–water partition coefficient (Wildman–Crippen LogP) is 3.14. The van der Waals surface area contributed by atoms with Gasteiger partial charge in [0.25, 0.3) is 0 Å². The highest BCUT2D eigenvalue weighted by molar-refractivity contribution is 9.08. The summed E-state index contributed by atoms with van der Waals surface area (Å²) >= 11 is 3.43. The van der Waals surface area contributed by atoms with Crippen molar-refractivity contribution in [3.05, 3.63) is 29.8 Å². The maximum atomic E-state index is 5.69. The third kappa shape index (κ3) is 3.21. The zero-order chi connectivity index (χ0) is 10.5. The molecule has 1 atom stereocenters. The molecule has 82 valence electrons. The van der Waals surface area contributed by atoms with E-state index in [0.29, 0.717) is 6.61 Å². The smallest absolute Gasteiger partial charge is 0.119 e. The van der Waals surface area contributed by atoms with Crippen molar-refractivity contribution in [1.82, 2.24) is 0 Å². The van der Waals surface area contributed by atoms with Crippen LogP contribution >= 0.6 is 15.9 Å². The van der Waals surface area contributed by atoms with Crippen molar-refractivity contribution >= 4 is 15.9 Å². The van der Waals surface area contributed by atoms with E-state index >= 15 is 0 Å². The van der Waals surface area contributed by atoms with Crippen LogP contribution < -0.4 is 4.74 Å². The lowest BCUT2D eigenvalue weighted by Gasteiger charge is -2.11. The molecule has 1 aromatic rings. The fourth-order valence-corrected chi connectivity index (χ4v) is 2.03. The van der Waals surface area contributed by atoms with Gasteiger partial charge in [0, 0.05) is 11.9 Å². The Bertz CT molecular complexity index is 308. The number of rotatable bonds is 4. The maximum absolute atomic E-state index is 5.69. The van der Waals surface area contributed by atoms with Crippen LogP contribution in [0, 0.1) is 0 Å². The fourth-order valence-electron chi connectivity index (χ4n) is 1.68. The molecule has 0 N–H and O–H groups in total. The van der Waals surface area contributed by atoms with E-state index in [1.165, 1.54) is 5.56 Å². The molecule has 0 saturated carbocycles. The molecule has 1 aromatic carbocycles. The first-order valence-electron chi connectivity index (χ1n) is 5.28. The normalized spacial score (nSPS) is 20.5. The number of halogens is 1. The molecule has 1 heterocycles. The quantitative estimate of drug-likeness (QED) is 0.783. The van der Waals surface area contributed by atoms with Gasteiger partial charge in [-0.1, -0.05) is 28.1 Å². The van der Waals surface area contributed by atoms with Crippen molar-refractivity contribution in [2.75, 3.05) is 13.2 Å². The Morgan fingerprint density at radius 2 is 2.40 bits per heavy atom. The van der Waals surface area contributed by atoms with Crippen molar-refractivity contribution in [3.63, 3.8) is 0 Å². The molecule has 1 unspecified atom stereocenters. The molecule has 2 rings (SSSR count). The maximum Gasteiger partial charge on any atom is 0.119 e. The molecule has 0 radical (unpaired) electrons. The Kier molecular flexibility index (Phi) is 4.03. The SMILES string of the molecule is BrCc1cccc(OCC2CCCO2)c1. The summed E-state index contributed by atoms with van der Waals surface area (Å²) in [5.41, 5.74) is 1.24. The zero-order valence-corrected chi connectivity index (χ0v) is 10.2. The summed E-state index contributed by atoms with van der Waals surface area (Å²) in [5.74, 6) is 0.933. The average molecular weight is 271 g/mol. The van der Waals surface area contributed by atoms with Gasteiger partial charge in [0.05, 0.1) is 6.10 Å². The molecular formula is C12H15BrO2. The molecule has 1 saturated heterocycles. The minimum absolute atomic E-state index is 0.289. The third-order valence-corrected chi connectivity index (χ3v) is 3.16. The Hall–Kier alpha value is -0.540. The summed E-state index contributed by atoms with van der Waals surface area (Å²) in [7, 11) is 0. The Labute approximate surface area is 98.7 Å². The molecule has 0 aromatic heterocycles. The first-order valence-corrected chi connectivity index (χ1v) is 6.40. The van der Waals surface area contributed by atoms with E-state index in [0.717, 1.165) is 30.5 Å². The molecule has 0 spiro atoms. The van der Waals surface area contributed by atoms with Crippen molar-refractivity contribution in [1.29, 1.82) is 0 Å². The fraction of sp³-hybridized carbons (Fsp3) is 0.500. The molecule has 2 nitrogen and oxygen atoms in total. The molecule has 0 bridgehead atoms. The molecule has 1 aliphatic rings. The van der Waals surface area contributed by atoms with E-state index in [9.17, 15) is 0 Å². The number of benzene rings is 1. The molecule has 0 amide bonds. The monoisotopic (exact) mass is 270 g/mol. The Morgan fingerprint density at radius 3 is 3.13 bits per heavy atom. The van der Waals surface area contributed by atoms with E-state index in [4.69, 9.17) is 9.47 Å². The van der Waals surface area contributed by atoms with Crippen LogP contribution in [0.25, 0.3) is 0 Å². The molecule has 3 heteroatoms. The predicted molar refractivity (Wildman–Crippen MR) is 63.5 cm³/mol. The van der Waals surface area contributed by atoms with Gasteiger partial charge in [-0.3, -0.25) is 0 Å². The van der Waals surface area contributed by atoms with Gasteiger partial charge in [-0.2, -0.15) is 0 Å². The standard InChI is InChI=1S/C12H15BrO2/c13-8-10-3-1-4-11(7-10)15-9-12-5-2-6-14-12/h1,3-4,7,12H,2,5-6,8-9H2. The number of alkyl halides is 1. The van der Waals surface area contributed by atoms with E-state index < -0.39 is 0 Å². The van der Waals surface area contributed by atoms with Crippen LogP contribution in [-0.2, 0) is 10.1 Å². The lowest BCUT2D eigenvalue weighted by Crippen LogP contribution is -2.16. The second kappa shape index (κ2) is 5.52. The topological polar surface area (TPSA) is 18.5 Å². The molecule has 1 aliphatic heterocycles. The average Bonchev–Trinajstić information content (AvgIpc) is 2.79. The van der Waals surface area contributed by atoms with Gasteiger partial charge in [0.2, 0.25) is 0 Å². The van der Waals surface area contributed by atoms with Crippen LogP contribution in [0.2, 0.25) is 0 Å². The van der Waals surface area contributed by atoms with Gasteiger partial charge in [-0.05, 0) is 30.5 Å². The summed E-state index contributed by atoms with van der Waals surface area (Å²) in [5, 5.41) is 0.865. The molecular weight excluding hydrogens is 256 g/mol. The van der Waals surface area contributed by atoms with Gasteiger partial charge in [0.15, 0.2) is 0 Å². The molecule has 15 heavy (non-hydrogen) atoms. The van der Waals surface area contributed by atoms with Crippen LogP contribution in [0.1, 0.15) is 18.4 Å². The first-order chi connectivity index (χ1) is 7.38. The highest BCUT2D eigenvalue weighted by atomic mass is 79.9. The second-order valence-electron chi connectivity index (χ2n) is 3.73. The van der Waals surface area contributed by atoms with E-state index in [1.54, 1.807) is 0 Å². The Morgan fingerprint density at radius 1 is 1.47 bits per heavy atom. The molecule has 1 fully saturated rings. The summed E-state index contributed by atoms with van der Waals surface area (Å²) < 4.78 is 11.2. The summed E-state index contributed by atoms with van der Waals surface area (Å²) in [6.45, 7) is 1.56. The lowest BCUT2D eigenvalue weighted by atomic mass is 10.2. The van der Waals surface area contributed by atoms with Crippen LogP contribution in [0.3, 0.4) is 0 Å². The van der Waals surface area contributed by atoms with Crippen LogP contribution in [0.15, 0.2) is 24.3 Å². The summed E-state index contributed by atoms with van der Waals surface area (Å²) in [6.07, 6.45) is 2.57. The number of hydrogen-bond acceptors (Lipinski definition) is 2. The van der Waals surface area contributed by atoms with Crippen molar-refractivity contribution in [2.24, 2.45) is 0 Å². The minimum Gasteiger partial charge on any atom is -0.491 e. The van der Waals surface area contributed by atoms with Crippen LogP contribution in [0.4, 0.5) is 0 Å². The summed E-state index contributed by atoms with van der Waals surface area (Å²) in [6, 6.07) is 8.14. The lowest BCUT2D eigenvalue weighted by molar-refractivity contribution is 0.0679. The highest BCUT2D eigenvalue weighted by Crippen LogP contribution is 2.18. The first kappa shape index (κ1) is 11.0. The van der Waals surface area contributed by atoms with Gasteiger partial charge in [0.1, 0.15) is 12.4 Å². The van der Waals surface area contributed by atoms with E-state index in [-0.39, 0.29) is 6.10 Å². The van der Waals surface area contributed by atoms with E-state index in [1.807, 2.05) is 12.1 Å². The van der Waals surface area contributed by atoms with Crippen LogP contribution in [0.5, 0.6) is 5.75 Å². The van der Waals surface area contributed by atoms with Gasteiger partial charge in [-0.15, -0.1) is 0 Å². The zero-order valence-electron chi connectivity index (χ0n) is 8.62. The van der Waals surface area contributed by atoms with Crippen molar-refractivity contribution < 1.29 is 9.47 Å². The molecule has 0 aliphatic carbocycles. The highest BCUT2D eigenvalue weighted by Gasteiger charge is 2.15.